The maximum absolute atomic E-state index is 11.3. The summed E-state index contributed by atoms with van der Waals surface area (Å²) >= 11 is 0. The van der Waals surface area contributed by atoms with E-state index in [9.17, 15) is 15.0 Å². The number of carboxylic acids is 1. The molecule has 0 saturated carbocycles. The number of para-hydroxylation sites is 1. The predicted octanol–water partition coefficient (Wildman–Crippen LogP) is 1.14. The molecule has 2 aromatic rings. The van der Waals surface area contributed by atoms with E-state index in [-0.39, 0.29) is 12.2 Å². The fraction of sp³-hybridized carbons (Fsp3) is 0.357. The van der Waals surface area contributed by atoms with Crippen LogP contribution in [0.2, 0.25) is 0 Å². The van der Waals surface area contributed by atoms with E-state index >= 15 is 0 Å². The van der Waals surface area contributed by atoms with E-state index in [2.05, 4.69) is 0 Å². The summed E-state index contributed by atoms with van der Waals surface area (Å²) in [5.41, 5.74) is 8.60. The quantitative estimate of drug-likeness (QED) is 0.754. The Labute approximate surface area is 111 Å². The fourth-order valence-corrected chi connectivity index (χ4v) is 2.62. The van der Waals surface area contributed by atoms with Crippen molar-refractivity contribution >= 4 is 16.9 Å². The number of aromatic nitrogens is 1. The third-order valence-corrected chi connectivity index (χ3v) is 3.42. The average Bonchev–Trinajstić information content (AvgIpc) is 2.65. The highest BCUT2D eigenvalue weighted by Crippen LogP contribution is 2.29. The van der Waals surface area contributed by atoms with Crippen molar-refractivity contribution in [1.29, 1.82) is 0 Å². The number of benzene rings is 1. The highest BCUT2D eigenvalue weighted by Gasteiger charge is 2.18. The lowest BCUT2D eigenvalue weighted by Crippen LogP contribution is -2.08. The first-order valence-corrected chi connectivity index (χ1v) is 6.26. The molecule has 1 heterocycles. The van der Waals surface area contributed by atoms with E-state index in [0.29, 0.717) is 25.0 Å². The van der Waals surface area contributed by atoms with Gasteiger partial charge in [0.1, 0.15) is 0 Å². The number of carboxylic acid groups (broad SMARTS) is 1. The molecule has 0 spiro atoms. The monoisotopic (exact) mass is 262 g/mol. The topological polar surface area (TPSA) is 88.5 Å². The molecule has 4 N–H and O–H groups in total. The number of hydrogen-bond donors (Lipinski definition) is 3. The first-order valence-electron chi connectivity index (χ1n) is 6.26. The molecule has 19 heavy (non-hydrogen) atoms. The van der Waals surface area contributed by atoms with Crippen LogP contribution in [0.25, 0.3) is 10.9 Å². The zero-order valence-corrected chi connectivity index (χ0v) is 10.9. The van der Waals surface area contributed by atoms with Crippen LogP contribution in [0.3, 0.4) is 0 Å². The number of hydrogen-bond acceptors (Lipinski definition) is 3. The van der Waals surface area contributed by atoms with Gasteiger partial charge in [-0.25, -0.2) is 4.79 Å². The molecule has 2 rings (SSSR count). The molecular weight excluding hydrogens is 244 g/mol. The third-order valence-electron chi connectivity index (χ3n) is 3.42. The zero-order valence-electron chi connectivity index (χ0n) is 10.9. The summed E-state index contributed by atoms with van der Waals surface area (Å²) in [6, 6.07) is 5.24. The Bertz CT molecular complexity index is 617. The van der Waals surface area contributed by atoms with Crippen LogP contribution >= 0.6 is 0 Å². The lowest BCUT2D eigenvalue weighted by atomic mass is 10.1. The van der Waals surface area contributed by atoms with Gasteiger partial charge in [0, 0.05) is 17.6 Å². The zero-order chi connectivity index (χ0) is 14.0. The van der Waals surface area contributed by atoms with E-state index in [1.807, 2.05) is 17.6 Å². The Kier molecular flexibility index (Phi) is 3.87. The molecule has 0 radical (unpaired) electrons. The number of fused-ring (bicyclic) bond motifs is 1. The van der Waals surface area contributed by atoms with Gasteiger partial charge in [0.05, 0.1) is 17.7 Å². The normalized spacial score (nSPS) is 11.1. The second kappa shape index (κ2) is 5.42. The Balaban J connectivity index is 2.81. The SMILES string of the molecule is Cc1c(CCN)c2cccc(C(=O)O)c2n1CCO. The molecule has 0 aliphatic rings. The molecule has 5 nitrogen and oxygen atoms in total. The predicted molar refractivity (Wildman–Crippen MR) is 73.5 cm³/mol. The molecule has 0 aliphatic carbocycles. The molecule has 0 amide bonds. The molecule has 1 aromatic carbocycles. The van der Waals surface area contributed by atoms with Gasteiger partial charge >= 0.3 is 5.97 Å². The summed E-state index contributed by atoms with van der Waals surface area (Å²) < 4.78 is 1.86. The summed E-state index contributed by atoms with van der Waals surface area (Å²) in [7, 11) is 0. The van der Waals surface area contributed by atoms with Crippen molar-refractivity contribution in [3.05, 3.63) is 35.0 Å². The number of aliphatic hydroxyl groups excluding tert-OH is 1. The molecule has 102 valence electrons. The van der Waals surface area contributed by atoms with Gasteiger partial charge in [-0.2, -0.15) is 0 Å². The lowest BCUT2D eigenvalue weighted by Gasteiger charge is -2.08. The summed E-state index contributed by atoms with van der Waals surface area (Å²) in [4.78, 5) is 11.3. The van der Waals surface area contributed by atoms with Crippen molar-refractivity contribution in [1.82, 2.24) is 4.57 Å². The van der Waals surface area contributed by atoms with Crippen LogP contribution in [0.5, 0.6) is 0 Å². The van der Waals surface area contributed by atoms with Crippen LogP contribution in [-0.4, -0.2) is 33.9 Å². The van der Waals surface area contributed by atoms with E-state index < -0.39 is 5.97 Å². The number of aliphatic hydroxyl groups is 1. The standard InChI is InChI=1S/C14H18N2O3/c1-9-10(5-6-15)11-3-2-4-12(14(18)19)13(11)16(9)7-8-17/h2-4,17H,5-8,15H2,1H3,(H,18,19). The third kappa shape index (κ3) is 2.22. The molecule has 1 aromatic heterocycles. The van der Waals surface area contributed by atoms with Gasteiger partial charge in [-0.15, -0.1) is 0 Å². The second-order valence-corrected chi connectivity index (χ2v) is 4.48. The van der Waals surface area contributed by atoms with Crippen molar-refractivity contribution in [3.63, 3.8) is 0 Å². The van der Waals surface area contributed by atoms with Crippen LogP contribution in [0.15, 0.2) is 18.2 Å². The average molecular weight is 262 g/mol. The maximum atomic E-state index is 11.3. The summed E-state index contributed by atoms with van der Waals surface area (Å²) in [5, 5.41) is 19.4. The Hall–Kier alpha value is -1.85. The smallest absolute Gasteiger partial charge is 0.337 e. The number of carbonyl (C=O) groups is 1. The number of rotatable bonds is 5. The van der Waals surface area contributed by atoms with Crippen molar-refractivity contribution in [2.75, 3.05) is 13.2 Å². The molecule has 0 fully saturated rings. The molecule has 0 bridgehead atoms. The van der Waals surface area contributed by atoms with Crippen molar-refractivity contribution in [2.24, 2.45) is 5.73 Å². The minimum atomic E-state index is -0.957. The highest BCUT2D eigenvalue weighted by molar-refractivity contribution is 6.03. The first-order chi connectivity index (χ1) is 9.11. The van der Waals surface area contributed by atoms with Crippen LogP contribution in [-0.2, 0) is 13.0 Å². The Morgan fingerprint density at radius 1 is 1.42 bits per heavy atom. The Morgan fingerprint density at radius 3 is 2.74 bits per heavy atom. The molecule has 0 unspecified atom stereocenters. The Morgan fingerprint density at radius 2 is 2.16 bits per heavy atom. The van der Waals surface area contributed by atoms with Gasteiger partial charge in [-0.3, -0.25) is 0 Å². The maximum Gasteiger partial charge on any atom is 0.337 e. The van der Waals surface area contributed by atoms with Gasteiger partial charge in [0.15, 0.2) is 0 Å². The van der Waals surface area contributed by atoms with Gasteiger partial charge in [-0.1, -0.05) is 12.1 Å². The van der Waals surface area contributed by atoms with E-state index in [4.69, 9.17) is 5.73 Å². The van der Waals surface area contributed by atoms with E-state index in [1.165, 1.54) is 0 Å². The molecular formula is C14H18N2O3. The lowest BCUT2D eigenvalue weighted by molar-refractivity contribution is 0.0698. The van der Waals surface area contributed by atoms with Gasteiger partial charge < -0.3 is 20.5 Å². The van der Waals surface area contributed by atoms with E-state index in [1.54, 1.807) is 12.1 Å². The first kappa shape index (κ1) is 13.6. The molecule has 0 atom stereocenters. The van der Waals surface area contributed by atoms with Crippen LogP contribution in [0, 0.1) is 6.92 Å². The van der Waals surface area contributed by atoms with Crippen LogP contribution < -0.4 is 5.73 Å². The van der Waals surface area contributed by atoms with Gasteiger partial charge in [-0.05, 0) is 31.5 Å². The van der Waals surface area contributed by atoms with Gasteiger partial charge in [0.25, 0.3) is 0 Å². The fourth-order valence-electron chi connectivity index (χ4n) is 2.62. The minimum Gasteiger partial charge on any atom is -0.478 e. The number of nitrogens with zero attached hydrogens (tertiary/aromatic N) is 1. The van der Waals surface area contributed by atoms with Crippen LogP contribution in [0.4, 0.5) is 0 Å². The molecule has 5 heteroatoms. The van der Waals surface area contributed by atoms with E-state index in [0.717, 1.165) is 16.6 Å². The van der Waals surface area contributed by atoms with Crippen LogP contribution in [0.1, 0.15) is 21.6 Å². The largest absolute Gasteiger partial charge is 0.478 e. The second-order valence-electron chi connectivity index (χ2n) is 4.48. The van der Waals surface area contributed by atoms with Crippen molar-refractivity contribution in [2.45, 2.75) is 19.9 Å². The number of aromatic carboxylic acids is 1. The number of nitrogens with two attached hydrogens (primary N) is 1. The highest BCUT2D eigenvalue weighted by atomic mass is 16.4. The summed E-state index contributed by atoms with van der Waals surface area (Å²) in [6.07, 6.45) is 0.698. The summed E-state index contributed by atoms with van der Waals surface area (Å²) in [6.45, 7) is 2.81. The summed E-state index contributed by atoms with van der Waals surface area (Å²) in [5.74, 6) is -0.957. The van der Waals surface area contributed by atoms with Crippen molar-refractivity contribution < 1.29 is 15.0 Å². The minimum absolute atomic E-state index is 0.0271. The molecule has 0 aliphatic heterocycles. The van der Waals surface area contributed by atoms with Crippen molar-refractivity contribution in [3.8, 4) is 0 Å². The van der Waals surface area contributed by atoms with Gasteiger partial charge in [0.2, 0.25) is 0 Å². The molecule has 0 saturated heterocycles.